The largest absolute Gasteiger partial charge is 0.480 e. The van der Waals surface area contributed by atoms with Crippen LogP contribution < -0.4 is 10.2 Å². The van der Waals surface area contributed by atoms with Crippen LogP contribution in [0, 0.1) is 0 Å². The summed E-state index contributed by atoms with van der Waals surface area (Å²) in [7, 11) is 1.68. The van der Waals surface area contributed by atoms with Crippen LogP contribution in [0.25, 0.3) is 0 Å². The topological polar surface area (TPSA) is 95.4 Å². The maximum Gasteiger partial charge on any atom is 0.329 e. The van der Waals surface area contributed by atoms with Crippen molar-refractivity contribution >= 4 is 17.8 Å². The number of carboxylic acids is 1. The van der Waals surface area contributed by atoms with E-state index in [2.05, 4.69) is 15.3 Å². The first-order valence-electron chi connectivity index (χ1n) is 6.06. The molecular formula is C12H16N4O3. The van der Waals surface area contributed by atoms with E-state index in [0.29, 0.717) is 18.8 Å². The molecule has 1 heterocycles. The lowest BCUT2D eigenvalue weighted by Crippen LogP contribution is -2.60. The standard InChI is InChI=1S/C12H16N4O3/c1-16(11-13-6-3-7-14-11)8-9(17)15-12(10(18)19)4-2-5-12/h3,6-7H,2,4-5,8H2,1H3,(H,15,17)(H,18,19). The molecule has 7 nitrogen and oxygen atoms in total. The fraction of sp³-hybridized carbons (Fsp3) is 0.500. The fourth-order valence-corrected chi connectivity index (χ4v) is 2.00. The summed E-state index contributed by atoms with van der Waals surface area (Å²) in [6.07, 6.45) is 4.96. The number of carboxylic acid groups (broad SMARTS) is 1. The van der Waals surface area contributed by atoms with Crippen molar-refractivity contribution in [2.75, 3.05) is 18.5 Å². The third-order valence-electron chi connectivity index (χ3n) is 3.27. The van der Waals surface area contributed by atoms with Gasteiger partial charge in [-0.15, -0.1) is 0 Å². The number of nitrogens with zero attached hydrogens (tertiary/aromatic N) is 3. The number of aliphatic carboxylic acids is 1. The minimum absolute atomic E-state index is 0.0268. The van der Waals surface area contributed by atoms with Gasteiger partial charge in [-0.05, 0) is 25.3 Å². The maximum absolute atomic E-state index is 11.9. The summed E-state index contributed by atoms with van der Waals surface area (Å²) in [5.41, 5.74) is -1.07. The Labute approximate surface area is 110 Å². The molecule has 0 aromatic carbocycles. The van der Waals surface area contributed by atoms with Crippen LogP contribution in [-0.2, 0) is 9.59 Å². The lowest BCUT2D eigenvalue weighted by Gasteiger charge is -2.38. The summed E-state index contributed by atoms with van der Waals surface area (Å²) >= 11 is 0. The number of anilines is 1. The molecule has 1 saturated carbocycles. The smallest absolute Gasteiger partial charge is 0.329 e. The quantitative estimate of drug-likeness (QED) is 0.779. The van der Waals surface area contributed by atoms with E-state index < -0.39 is 11.5 Å². The van der Waals surface area contributed by atoms with E-state index in [9.17, 15) is 9.59 Å². The number of amides is 1. The molecule has 0 radical (unpaired) electrons. The van der Waals surface area contributed by atoms with E-state index in [1.165, 1.54) is 0 Å². The molecule has 0 bridgehead atoms. The highest BCUT2D eigenvalue weighted by Gasteiger charge is 2.45. The van der Waals surface area contributed by atoms with Crippen molar-refractivity contribution in [3.8, 4) is 0 Å². The molecule has 1 aromatic rings. The number of carbonyl (C=O) groups is 2. The van der Waals surface area contributed by atoms with E-state index in [0.717, 1.165) is 6.42 Å². The third kappa shape index (κ3) is 2.81. The Kier molecular flexibility index (Phi) is 3.64. The molecule has 1 aromatic heterocycles. The number of aromatic nitrogens is 2. The molecule has 7 heteroatoms. The van der Waals surface area contributed by atoms with Gasteiger partial charge in [-0.1, -0.05) is 0 Å². The number of hydrogen-bond donors (Lipinski definition) is 2. The first kappa shape index (κ1) is 13.3. The van der Waals surface area contributed by atoms with E-state index >= 15 is 0 Å². The highest BCUT2D eigenvalue weighted by molar-refractivity contribution is 5.89. The molecule has 1 fully saturated rings. The number of hydrogen-bond acceptors (Lipinski definition) is 5. The van der Waals surface area contributed by atoms with Gasteiger partial charge in [0.05, 0.1) is 6.54 Å². The second kappa shape index (κ2) is 5.21. The van der Waals surface area contributed by atoms with Gasteiger partial charge in [0.15, 0.2) is 0 Å². The van der Waals surface area contributed by atoms with Crippen LogP contribution in [0.15, 0.2) is 18.5 Å². The number of likely N-dealkylation sites (N-methyl/N-ethyl adjacent to an activating group) is 1. The van der Waals surface area contributed by atoms with Gasteiger partial charge in [-0.2, -0.15) is 0 Å². The van der Waals surface area contributed by atoms with E-state index in [1.54, 1.807) is 30.4 Å². The van der Waals surface area contributed by atoms with Crippen LogP contribution in [0.1, 0.15) is 19.3 Å². The SMILES string of the molecule is CN(CC(=O)NC1(C(=O)O)CCC1)c1ncccn1. The predicted octanol–water partition coefficient (Wildman–Crippen LogP) is 0.0363. The summed E-state index contributed by atoms with van der Waals surface area (Å²) in [6.45, 7) is 0.0268. The number of carbonyl (C=O) groups excluding carboxylic acids is 1. The van der Waals surface area contributed by atoms with Crippen LogP contribution >= 0.6 is 0 Å². The minimum atomic E-state index is -1.07. The average molecular weight is 264 g/mol. The van der Waals surface area contributed by atoms with Crippen LogP contribution in [-0.4, -0.2) is 46.1 Å². The molecule has 0 atom stereocenters. The Morgan fingerprint density at radius 3 is 2.53 bits per heavy atom. The molecule has 0 unspecified atom stereocenters. The molecular weight excluding hydrogens is 248 g/mol. The van der Waals surface area contributed by atoms with Gasteiger partial charge in [-0.3, -0.25) is 4.79 Å². The zero-order valence-electron chi connectivity index (χ0n) is 10.7. The fourth-order valence-electron chi connectivity index (χ4n) is 2.00. The monoisotopic (exact) mass is 264 g/mol. The van der Waals surface area contributed by atoms with Gasteiger partial charge in [0, 0.05) is 19.4 Å². The Hall–Kier alpha value is -2.18. The molecule has 0 spiro atoms. The minimum Gasteiger partial charge on any atom is -0.480 e. The Morgan fingerprint density at radius 2 is 2.05 bits per heavy atom. The number of rotatable bonds is 5. The first-order chi connectivity index (χ1) is 9.03. The summed E-state index contributed by atoms with van der Waals surface area (Å²) in [6, 6.07) is 1.69. The van der Waals surface area contributed by atoms with Gasteiger partial charge < -0.3 is 15.3 Å². The van der Waals surface area contributed by atoms with Gasteiger partial charge in [0.1, 0.15) is 5.54 Å². The molecule has 1 amide bonds. The Bertz CT molecular complexity index is 473. The van der Waals surface area contributed by atoms with Gasteiger partial charge >= 0.3 is 5.97 Å². The molecule has 102 valence electrons. The van der Waals surface area contributed by atoms with Gasteiger partial charge in [0.25, 0.3) is 0 Å². The van der Waals surface area contributed by atoms with Crippen molar-refractivity contribution in [2.45, 2.75) is 24.8 Å². The van der Waals surface area contributed by atoms with Crippen molar-refractivity contribution in [3.05, 3.63) is 18.5 Å². The molecule has 19 heavy (non-hydrogen) atoms. The van der Waals surface area contributed by atoms with Crippen molar-refractivity contribution in [1.82, 2.24) is 15.3 Å². The lowest BCUT2D eigenvalue weighted by atomic mass is 9.77. The predicted molar refractivity (Wildman–Crippen MR) is 67.7 cm³/mol. The lowest BCUT2D eigenvalue weighted by molar-refractivity contribution is -0.151. The molecule has 0 saturated heterocycles. The maximum atomic E-state index is 11.9. The van der Waals surface area contributed by atoms with Crippen LogP contribution in [0.3, 0.4) is 0 Å². The van der Waals surface area contributed by atoms with Gasteiger partial charge in [0.2, 0.25) is 11.9 Å². The Balaban J connectivity index is 1.93. The van der Waals surface area contributed by atoms with Crippen LogP contribution in [0.2, 0.25) is 0 Å². The van der Waals surface area contributed by atoms with E-state index in [4.69, 9.17) is 5.11 Å². The molecule has 0 aliphatic heterocycles. The average Bonchev–Trinajstić information content (AvgIpc) is 2.34. The molecule has 2 N–H and O–H groups in total. The van der Waals surface area contributed by atoms with Crippen molar-refractivity contribution in [2.24, 2.45) is 0 Å². The highest BCUT2D eigenvalue weighted by atomic mass is 16.4. The third-order valence-corrected chi connectivity index (χ3v) is 3.27. The van der Waals surface area contributed by atoms with Crippen molar-refractivity contribution in [1.29, 1.82) is 0 Å². The zero-order chi connectivity index (χ0) is 13.9. The summed E-state index contributed by atoms with van der Waals surface area (Å²) in [5, 5.41) is 11.7. The van der Waals surface area contributed by atoms with Crippen LogP contribution in [0.5, 0.6) is 0 Å². The second-order valence-electron chi connectivity index (χ2n) is 4.69. The highest BCUT2D eigenvalue weighted by Crippen LogP contribution is 2.31. The summed E-state index contributed by atoms with van der Waals surface area (Å²) < 4.78 is 0. The second-order valence-corrected chi connectivity index (χ2v) is 4.69. The zero-order valence-corrected chi connectivity index (χ0v) is 10.7. The van der Waals surface area contributed by atoms with E-state index in [1.807, 2.05) is 0 Å². The molecule has 1 aliphatic rings. The summed E-state index contributed by atoms with van der Waals surface area (Å²) in [5.74, 6) is -0.876. The Morgan fingerprint density at radius 1 is 1.42 bits per heavy atom. The van der Waals surface area contributed by atoms with Crippen molar-refractivity contribution < 1.29 is 14.7 Å². The van der Waals surface area contributed by atoms with Gasteiger partial charge in [-0.25, -0.2) is 14.8 Å². The normalized spacial score (nSPS) is 16.3. The first-order valence-corrected chi connectivity index (χ1v) is 6.06. The summed E-state index contributed by atoms with van der Waals surface area (Å²) in [4.78, 5) is 32.6. The van der Waals surface area contributed by atoms with Crippen LogP contribution in [0.4, 0.5) is 5.95 Å². The molecule has 1 aliphatic carbocycles. The molecule has 2 rings (SSSR count). The van der Waals surface area contributed by atoms with E-state index in [-0.39, 0.29) is 12.5 Å². The number of nitrogens with one attached hydrogen (secondary N) is 1. The van der Waals surface area contributed by atoms with Crippen molar-refractivity contribution in [3.63, 3.8) is 0 Å².